The summed E-state index contributed by atoms with van der Waals surface area (Å²) < 4.78 is 89.1. The van der Waals surface area contributed by atoms with Crippen LogP contribution >= 0.6 is 11.6 Å². The van der Waals surface area contributed by atoms with Crippen molar-refractivity contribution in [1.82, 2.24) is 0 Å². The number of carbonyl (C=O) groups excluding carboxylic acids is 1. The van der Waals surface area contributed by atoms with Gasteiger partial charge in [0, 0.05) is 17.0 Å². The predicted molar refractivity (Wildman–Crippen MR) is 145 cm³/mol. The lowest BCUT2D eigenvalue weighted by molar-refractivity contribution is -0.137. The van der Waals surface area contributed by atoms with Gasteiger partial charge >= 0.3 is 6.18 Å². The van der Waals surface area contributed by atoms with Crippen molar-refractivity contribution < 1.29 is 35.5 Å². The minimum Gasteiger partial charge on any atom is -0.486 e. The van der Waals surface area contributed by atoms with Gasteiger partial charge in [-0.15, -0.1) is 0 Å². The number of amides is 1. The second-order valence-corrected chi connectivity index (χ2v) is 11.5. The maximum Gasteiger partial charge on any atom is 0.417 e. The van der Waals surface area contributed by atoms with Crippen LogP contribution in [0.15, 0.2) is 65.6 Å². The zero-order valence-electron chi connectivity index (χ0n) is 21.2. The number of halogens is 5. The Morgan fingerprint density at radius 1 is 1.15 bits per heavy atom. The van der Waals surface area contributed by atoms with Gasteiger partial charge in [0.1, 0.15) is 18.0 Å². The number of primary amides is 1. The molecule has 0 radical (unpaired) electrons. The molecule has 0 spiro atoms. The third-order valence-electron chi connectivity index (χ3n) is 6.33. The summed E-state index contributed by atoms with van der Waals surface area (Å²) in [5, 5.41) is -0.101. The number of hydrogen-bond acceptors (Lipinski definition) is 4. The van der Waals surface area contributed by atoms with E-state index in [9.17, 15) is 30.8 Å². The van der Waals surface area contributed by atoms with Crippen molar-refractivity contribution in [1.29, 1.82) is 0 Å². The predicted octanol–water partition coefficient (Wildman–Crippen LogP) is 6.78. The Kier molecular flexibility index (Phi) is 8.46. The smallest absolute Gasteiger partial charge is 0.417 e. The van der Waals surface area contributed by atoms with Crippen LogP contribution in [-0.4, -0.2) is 27.0 Å². The Labute approximate surface area is 234 Å². The van der Waals surface area contributed by atoms with Crippen LogP contribution in [0.4, 0.5) is 23.2 Å². The first-order valence-corrected chi connectivity index (χ1v) is 14.0. The number of nitrogens with zero attached hydrogens (tertiary/aromatic N) is 1. The molecule has 0 saturated carbocycles. The Morgan fingerprint density at radius 3 is 2.55 bits per heavy atom. The Bertz CT molecular complexity index is 1560. The summed E-state index contributed by atoms with van der Waals surface area (Å²) in [4.78, 5) is 11.2. The summed E-state index contributed by atoms with van der Waals surface area (Å²) in [6.07, 6.45) is -4.05. The monoisotopic (exact) mass is 596 g/mol. The number of carbonyl (C=O) groups is 1. The van der Waals surface area contributed by atoms with Gasteiger partial charge in [0.25, 0.3) is 10.0 Å². The van der Waals surface area contributed by atoms with Crippen molar-refractivity contribution in [3.05, 3.63) is 87.9 Å². The molecule has 40 heavy (non-hydrogen) atoms. The van der Waals surface area contributed by atoms with E-state index in [1.165, 1.54) is 67.6 Å². The van der Waals surface area contributed by atoms with Gasteiger partial charge in [-0.25, -0.2) is 12.8 Å². The number of hydrogen-bond donors (Lipinski definition) is 1. The lowest BCUT2D eigenvalue weighted by Crippen LogP contribution is -2.44. The van der Waals surface area contributed by atoms with Crippen LogP contribution in [0.3, 0.4) is 0 Å². The number of nitrogens with two attached hydrogens (primary N) is 1. The largest absolute Gasteiger partial charge is 0.486 e. The van der Waals surface area contributed by atoms with Gasteiger partial charge in [0.2, 0.25) is 5.91 Å². The average molecular weight is 597 g/mol. The molecule has 6 nitrogen and oxygen atoms in total. The Hall–Kier alpha value is -3.57. The highest BCUT2D eigenvalue weighted by molar-refractivity contribution is 7.92. The fourth-order valence-electron chi connectivity index (χ4n) is 4.30. The van der Waals surface area contributed by atoms with Gasteiger partial charge in [-0.1, -0.05) is 48.0 Å². The van der Waals surface area contributed by atoms with Gasteiger partial charge in [-0.2, -0.15) is 13.2 Å². The molecule has 0 fully saturated rings. The number of alkyl halides is 4. The second-order valence-electron chi connectivity index (χ2n) is 9.23. The van der Waals surface area contributed by atoms with Crippen LogP contribution < -0.4 is 14.8 Å². The van der Waals surface area contributed by atoms with E-state index in [0.29, 0.717) is 5.56 Å². The maximum atomic E-state index is 14.0. The Morgan fingerprint density at radius 2 is 1.88 bits per heavy atom. The molecular formula is C28H25ClF4N2O4S. The van der Waals surface area contributed by atoms with Crippen LogP contribution in [0.5, 0.6) is 5.75 Å². The molecule has 1 aliphatic rings. The molecule has 1 aliphatic heterocycles. The molecule has 1 unspecified atom stereocenters. The molecule has 0 aromatic heterocycles. The van der Waals surface area contributed by atoms with Crippen molar-refractivity contribution in [3.63, 3.8) is 0 Å². The van der Waals surface area contributed by atoms with E-state index in [1.54, 1.807) is 6.07 Å². The Balaban J connectivity index is 1.77. The molecule has 12 heteroatoms. The number of sulfonamides is 1. The summed E-state index contributed by atoms with van der Waals surface area (Å²) in [5.74, 6) is -0.392. The zero-order chi connectivity index (χ0) is 29.2. The summed E-state index contributed by atoms with van der Waals surface area (Å²) in [5.41, 5.74) is 4.79. The summed E-state index contributed by atoms with van der Waals surface area (Å²) >= 11 is 6.05. The summed E-state index contributed by atoms with van der Waals surface area (Å²) in [7, 11) is -4.24. The third-order valence-corrected chi connectivity index (χ3v) is 8.44. The highest BCUT2D eigenvalue weighted by Crippen LogP contribution is 2.40. The fraction of sp³-hybridized carbons (Fsp3) is 0.250. The molecule has 3 aromatic carbocycles. The van der Waals surface area contributed by atoms with Crippen LogP contribution in [-0.2, 0) is 21.0 Å². The van der Waals surface area contributed by atoms with Crippen molar-refractivity contribution in [2.75, 3.05) is 10.8 Å². The lowest BCUT2D eigenvalue weighted by Gasteiger charge is -2.35. The van der Waals surface area contributed by atoms with E-state index in [-0.39, 0.29) is 51.9 Å². The van der Waals surface area contributed by atoms with Crippen LogP contribution in [0.1, 0.15) is 48.2 Å². The van der Waals surface area contributed by atoms with Gasteiger partial charge in [-0.3, -0.25) is 9.10 Å². The molecule has 2 atom stereocenters. The molecule has 1 amide bonds. The van der Waals surface area contributed by atoms with E-state index in [4.69, 9.17) is 22.1 Å². The number of anilines is 1. The van der Waals surface area contributed by atoms with Crippen molar-refractivity contribution in [2.24, 2.45) is 5.73 Å². The standard InChI is InChI=1S/C28H25ClF4N2O4S/c1-17(30)19-4-2-5-21(15-19)40(37,38)35-16-20(10-13-27(34)36)39-26-12-9-18(14-25(26)35)8-11-22-23(28(31,32)33)6-3-7-24(22)29/h2-9,11-12,14-15,17,20H,10,13,16H2,1H3,(H2,34,36)/b11-8+/t17?,20-/m0/s1. The highest BCUT2D eigenvalue weighted by Gasteiger charge is 2.36. The first-order valence-electron chi connectivity index (χ1n) is 12.2. The normalized spacial score (nSPS) is 16.4. The third kappa shape index (κ3) is 6.42. The van der Waals surface area contributed by atoms with E-state index in [1.807, 2.05) is 0 Å². The molecule has 1 heterocycles. The molecule has 4 rings (SSSR count). The molecule has 212 valence electrons. The average Bonchev–Trinajstić information content (AvgIpc) is 2.90. The van der Waals surface area contributed by atoms with Gasteiger partial charge in [-0.05, 0) is 60.9 Å². The van der Waals surface area contributed by atoms with Gasteiger partial charge in [0.05, 0.1) is 22.7 Å². The lowest BCUT2D eigenvalue weighted by atomic mass is 10.0. The summed E-state index contributed by atoms with van der Waals surface area (Å²) in [6.45, 7) is 1.12. The minimum absolute atomic E-state index is 0.0388. The molecule has 0 bridgehead atoms. The van der Waals surface area contributed by atoms with Gasteiger partial charge in [0.15, 0.2) is 0 Å². The quantitative estimate of drug-likeness (QED) is 0.229. The van der Waals surface area contributed by atoms with Crippen molar-refractivity contribution >= 4 is 45.4 Å². The van der Waals surface area contributed by atoms with E-state index in [2.05, 4.69) is 0 Å². The zero-order valence-corrected chi connectivity index (χ0v) is 22.7. The molecule has 0 aliphatic carbocycles. The number of rotatable bonds is 8. The van der Waals surface area contributed by atoms with E-state index >= 15 is 0 Å². The first kappa shape index (κ1) is 29.4. The van der Waals surface area contributed by atoms with Crippen LogP contribution in [0, 0.1) is 0 Å². The van der Waals surface area contributed by atoms with Crippen molar-refractivity contribution in [3.8, 4) is 5.75 Å². The molecule has 2 N–H and O–H groups in total. The summed E-state index contributed by atoms with van der Waals surface area (Å²) in [6, 6.07) is 13.4. The SMILES string of the molecule is CC(F)c1cccc(S(=O)(=O)N2C[C@H](CCC(N)=O)Oc3ccc(/C=C/c4c(Cl)cccc4C(F)(F)F)cc32)c1. The van der Waals surface area contributed by atoms with Gasteiger partial charge < -0.3 is 10.5 Å². The molecule has 0 saturated heterocycles. The first-order chi connectivity index (χ1) is 18.8. The van der Waals surface area contributed by atoms with E-state index in [0.717, 1.165) is 10.4 Å². The van der Waals surface area contributed by atoms with Crippen LogP contribution in [0.25, 0.3) is 12.2 Å². The topological polar surface area (TPSA) is 89.7 Å². The minimum atomic E-state index is -4.63. The maximum absolute atomic E-state index is 14.0. The van der Waals surface area contributed by atoms with Crippen LogP contribution in [0.2, 0.25) is 5.02 Å². The fourth-order valence-corrected chi connectivity index (χ4v) is 6.09. The highest BCUT2D eigenvalue weighted by atomic mass is 35.5. The van der Waals surface area contributed by atoms with Crippen molar-refractivity contribution in [2.45, 2.75) is 43.1 Å². The number of fused-ring (bicyclic) bond motifs is 1. The number of ether oxygens (including phenoxy) is 1. The molecular weight excluding hydrogens is 572 g/mol. The number of benzene rings is 3. The second kappa shape index (κ2) is 11.5. The molecule has 3 aromatic rings. The van der Waals surface area contributed by atoms with E-state index < -0.39 is 39.9 Å².